The van der Waals surface area contributed by atoms with E-state index in [1.807, 2.05) is 31.2 Å². The van der Waals surface area contributed by atoms with E-state index in [0.29, 0.717) is 12.6 Å². The molecular weight excluding hydrogens is 523 g/mol. The Kier molecular flexibility index (Phi) is 12.3. The number of hydrogen-bond acceptors (Lipinski definition) is 4. The zero-order chi connectivity index (χ0) is 18.8. The first-order valence-electron chi connectivity index (χ1n) is 9.35. The largest absolute Gasteiger partial charge is 0.488 e. The van der Waals surface area contributed by atoms with E-state index in [2.05, 4.69) is 45.3 Å². The number of hydrogen-bond donors (Lipinski definition) is 2. The molecule has 27 heavy (non-hydrogen) atoms. The van der Waals surface area contributed by atoms with Gasteiger partial charge in [0.15, 0.2) is 5.96 Å². The summed E-state index contributed by atoms with van der Waals surface area (Å²) in [5.41, 5.74) is 0. The minimum atomic E-state index is 0. The van der Waals surface area contributed by atoms with Gasteiger partial charge in [0, 0.05) is 25.7 Å². The molecule has 1 saturated heterocycles. The third-order valence-electron chi connectivity index (χ3n) is 4.25. The summed E-state index contributed by atoms with van der Waals surface area (Å²) >= 11 is 3.51. The summed E-state index contributed by atoms with van der Waals surface area (Å²) in [5.74, 6) is 1.68. The summed E-state index contributed by atoms with van der Waals surface area (Å²) in [6, 6.07) is 8.30. The molecular formula is C19H32BrIN4O2. The predicted octanol–water partition coefficient (Wildman–Crippen LogP) is 3.11. The number of nitrogens with zero attached hydrogens (tertiary/aromatic N) is 2. The molecule has 0 aromatic heterocycles. The lowest BCUT2D eigenvalue weighted by atomic mass is 10.2. The van der Waals surface area contributed by atoms with E-state index in [0.717, 1.165) is 55.6 Å². The highest BCUT2D eigenvalue weighted by Gasteiger charge is 2.16. The fraction of sp³-hybridized carbons (Fsp3) is 0.632. The zero-order valence-corrected chi connectivity index (χ0v) is 20.3. The number of nitrogens with one attached hydrogen (secondary N) is 2. The van der Waals surface area contributed by atoms with Crippen LogP contribution in [0.5, 0.6) is 5.75 Å². The topological polar surface area (TPSA) is 58.1 Å². The van der Waals surface area contributed by atoms with Gasteiger partial charge in [0.05, 0.1) is 30.8 Å². The number of aliphatic imine (C=N–C) groups is 1. The normalized spacial score (nSPS) is 17.6. The van der Waals surface area contributed by atoms with Crippen molar-refractivity contribution in [2.45, 2.75) is 32.9 Å². The molecule has 1 fully saturated rings. The maximum Gasteiger partial charge on any atom is 0.191 e. The van der Waals surface area contributed by atoms with Crippen molar-refractivity contribution < 1.29 is 9.47 Å². The number of morpholine rings is 1. The first-order chi connectivity index (χ1) is 12.6. The molecule has 1 aliphatic rings. The van der Waals surface area contributed by atoms with Crippen molar-refractivity contribution in [2.75, 3.05) is 45.9 Å². The van der Waals surface area contributed by atoms with Crippen molar-refractivity contribution in [3.63, 3.8) is 0 Å². The van der Waals surface area contributed by atoms with Crippen molar-refractivity contribution in [2.24, 2.45) is 4.99 Å². The summed E-state index contributed by atoms with van der Waals surface area (Å²) in [6.45, 7) is 12.2. The van der Waals surface area contributed by atoms with Gasteiger partial charge in [0.2, 0.25) is 0 Å². The molecule has 0 amide bonds. The van der Waals surface area contributed by atoms with Crippen molar-refractivity contribution in [3.8, 4) is 5.75 Å². The second kappa shape index (κ2) is 13.6. The molecule has 6 nitrogen and oxygen atoms in total. The summed E-state index contributed by atoms with van der Waals surface area (Å²) in [4.78, 5) is 7.16. The van der Waals surface area contributed by atoms with Crippen molar-refractivity contribution >= 4 is 45.9 Å². The van der Waals surface area contributed by atoms with Crippen LogP contribution in [0.4, 0.5) is 0 Å². The minimum Gasteiger partial charge on any atom is -0.488 e. The summed E-state index contributed by atoms with van der Waals surface area (Å²) in [6.07, 6.45) is 0.0224. The lowest BCUT2D eigenvalue weighted by Gasteiger charge is -2.31. The van der Waals surface area contributed by atoms with Gasteiger partial charge in [-0.25, -0.2) is 0 Å². The lowest BCUT2D eigenvalue weighted by molar-refractivity contribution is 0.0220. The Morgan fingerprint density at radius 3 is 2.63 bits per heavy atom. The van der Waals surface area contributed by atoms with Gasteiger partial charge in [0.1, 0.15) is 11.9 Å². The molecule has 2 rings (SSSR count). The second-order valence-electron chi connectivity index (χ2n) is 6.46. The Balaban J connectivity index is 0.00000364. The molecule has 1 aliphatic heterocycles. The van der Waals surface area contributed by atoms with Crippen LogP contribution in [-0.2, 0) is 4.74 Å². The molecule has 0 radical (unpaired) electrons. The monoisotopic (exact) mass is 554 g/mol. The van der Waals surface area contributed by atoms with Crippen molar-refractivity contribution in [1.29, 1.82) is 0 Å². The third-order valence-corrected chi connectivity index (χ3v) is 4.90. The summed E-state index contributed by atoms with van der Waals surface area (Å²) in [7, 11) is 0. The van der Waals surface area contributed by atoms with E-state index < -0.39 is 0 Å². The molecule has 154 valence electrons. The number of halogens is 2. The molecule has 1 aromatic rings. The molecule has 2 atom stereocenters. The van der Waals surface area contributed by atoms with Gasteiger partial charge in [0.25, 0.3) is 0 Å². The number of ether oxygens (including phenoxy) is 2. The van der Waals surface area contributed by atoms with Gasteiger partial charge in [-0.05, 0) is 48.8 Å². The van der Waals surface area contributed by atoms with E-state index in [-0.39, 0.29) is 30.1 Å². The predicted molar refractivity (Wildman–Crippen MR) is 125 cm³/mol. The van der Waals surface area contributed by atoms with E-state index in [9.17, 15) is 0 Å². The summed E-state index contributed by atoms with van der Waals surface area (Å²) in [5, 5.41) is 6.68. The van der Waals surface area contributed by atoms with Gasteiger partial charge < -0.3 is 20.1 Å². The maximum atomic E-state index is 5.98. The van der Waals surface area contributed by atoms with Crippen LogP contribution < -0.4 is 15.4 Å². The van der Waals surface area contributed by atoms with E-state index in [1.54, 1.807) is 0 Å². The van der Waals surface area contributed by atoms with Crippen LogP contribution in [0.25, 0.3) is 0 Å². The Morgan fingerprint density at radius 1 is 1.26 bits per heavy atom. The highest BCUT2D eigenvalue weighted by molar-refractivity contribution is 14.0. The highest BCUT2D eigenvalue weighted by Crippen LogP contribution is 2.24. The summed E-state index contributed by atoms with van der Waals surface area (Å²) < 4.78 is 12.4. The third kappa shape index (κ3) is 8.97. The zero-order valence-electron chi connectivity index (χ0n) is 16.4. The fourth-order valence-electron chi connectivity index (χ4n) is 2.74. The van der Waals surface area contributed by atoms with Gasteiger partial charge in [-0.2, -0.15) is 0 Å². The van der Waals surface area contributed by atoms with Crippen LogP contribution in [-0.4, -0.2) is 68.9 Å². The smallest absolute Gasteiger partial charge is 0.191 e. The quantitative estimate of drug-likeness (QED) is 0.294. The molecule has 2 N–H and O–H groups in total. The van der Waals surface area contributed by atoms with E-state index in [1.165, 1.54) is 0 Å². The Hall–Kier alpha value is -0.580. The van der Waals surface area contributed by atoms with Crippen LogP contribution in [0, 0.1) is 0 Å². The molecule has 8 heteroatoms. The number of para-hydroxylation sites is 1. The average Bonchev–Trinajstić information content (AvgIpc) is 2.66. The van der Waals surface area contributed by atoms with E-state index in [4.69, 9.17) is 14.5 Å². The number of guanidine groups is 1. The minimum absolute atomic E-state index is 0. The van der Waals surface area contributed by atoms with Crippen LogP contribution in [0.2, 0.25) is 0 Å². The van der Waals surface area contributed by atoms with Gasteiger partial charge in [-0.1, -0.05) is 12.1 Å². The Bertz CT molecular complexity index is 570. The first-order valence-corrected chi connectivity index (χ1v) is 10.1. The molecule has 0 spiro atoms. The maximum absolute atomic E-state index is 5.98. The Morgan fingerprint density at radius 2 is 1.96 bits per heavy atom. The SMILES string of the molecule is CCNC(=NCC(C)N1CCOCC1)NCC(C)Oc1ccccc1Br.I. The molecule has 2 unspecified atom stereocenters. The lowest BCUT2D eigenvalue weighted by Crippen LogP contribution is -2.45. The van der Waals surface area contributed by atoms with Gasteiger partial charge >= 0.3 is 0 Å². The van der Waals surface area contributed by atoms with Crippen LogP contribution in [0.3, 0.4) is 0 Å². The molecule has 1 aromatic carbocycles. The van der Waals surface area contributed by atoms with Crippen LogP contribution >= 0.6 is 39.9 Å². The van der Waals surface area contributed by atoms with Crippen molar-refractivity contribution in [3.05, 3.63) is 28.7 Å². The van der Waals surface area contributed by atoms with Gasteiger partial charge in [-0.15, -0.1) is 24.0 Å². The number of rotatable bonds is 8. The standard InChI is InChI=1S/C19H31BrN4O2.HI/c1-4-21-19(22-13-15(2)24-9-11-25-12-10-24)23-14-16(3)26-18-8-6-5-7-17(18)20;/h5-8,15-16H,4,9-14H2,1-3H3,(H2,21,22,23);1H. The second-order valence-corrected chi connectivity index (χ2v) is 7.31. The van der Waals surface area contributed by atoms with Crippen LogP contribution in [0.1, 0.15) is 20.8 Å². The first kappa shape index (κ1) is 24.5. The van der Waals surface area contributed by atoms with Crippen LogP contribution in [0.15, 0.2) is 33.7 Å². The molecule has 0 bridgehead atoms. The molecule has 0 aliphatic carbocycles. The number of benzene rings is 1. The van der Waals surface area contributed by atoms with Gasteiger partial charge in [-0.3, -0.25) is 9.89 Å². The average molecular weight is 555 g/mol. The van der Waals surface area contributed by atoms with E-state index >= 15 is 0 Å². The fourth-order valence-corrected chi connectivity index (χ4v) is 3.12. The molecule has 1 heterocycles. The highest BCUT2D eigenvalue weighted by atomic mass is 127. The van der Waals surface area contributed by atoms with Crippen molar-refractivity contribution in [1.82, 2.24) is 15.5 Å². The Labute approximate surface area is 188 Å². The molecule has 0 saturated carbocycles.